The molecular weight excluding hydrogens is 312 g/mol. The third-order valence-corrected chi connectivity index (χ3v) is 4.56. The summed E-state index contributed by atoms with van der Waals surface area (Å²) in [6.45, 7) is 3.39. The molecule has 2 saturated heterocycles. The van der Waals surface area contributed by atoms with Crippen LogP contribution in [-0.2, 0) is 16.6 Å². The molecule has 1 aromatic heterocycles. The molecule has 2 aliphatic heterocycles. The number of piperidine rings is 1. The molecule has 0 radical (unpaired) electrons. The molecule has 24 heavy (non-hydrogen) atoms. The first-order valence-electron chi connectivity index (χ1n) is 8.26. The van der Waals surface area contributed by atoms with Crippen LogP contribution in [0.1, 0.15) is 23.3 Å². The third-order valence-electron chi connectivity index (χ3n) is 4.56. The SMILES string of the molecule is Cn1nc(C(=O)N2CCCC(C(=O)N3CCOCC3)C2)ccc1=O. The van der Waals surface area contributed by atoms with E-state index >= 15 is 0 Å². The Morgan fingerprint density at radius 2 is 1.92 bits per heavy atom. The van der Waals surface area contributed by atoms with Crippen LogP contribution in [0.4, 0.5) is 0 Å². The van der Waals surface area contributed by atoms with Crippen LogP contribution in [0.25, 0.3) is 0 Å². The zero-order valence-corrected chi connectivity index (χ0v) is 13.8. The molecule has 0 aliphatic carbocycles. The number of aryl methyl sites for hydroxylation is 1. The molecule has 2 amide bonds. The average molecular weight is 334 g/mol. The fraction of sp³-hybridized carbons (Fsp3) is 0.625. The van der Waals surface area contributed by atoms with Crippen LogP contribution in [0, 0.1) is 5.92 Å². The van der Waals surface area contributed by atoms with Crippen molar-refractivity contribution in [2.75, 3.05) is 39.4 Å². The number of likely N-dealkylation sites (tertiary alicyclic amines) is 1. The van der Waals surface area contributed by atoms with Gasteiger partial charge in [0.15, 0.2) is 0 Å². The van der Waals surface area contributed by atoms with E-state index in [4.69, 9.17) is 4.74 Å². The van der Waals surface area contributed by atoms with Gasteiger partial charge < -0.3 is 14.5 Å². The van der Waals surface area contributed by atoms with E-state index < -0.39 is 0 Å². The van der Waals surface area contributed by atoms with Crippen molar-refractivity contribution in [2.45, 2.75) is 12.8 Å². The summed E-state index contributed by atoms with van der Waals surface area (Å²) in [5.41, 5.74) is -0.0258. The Bertz CT molecular complexity index is 681. The Hall–Kier alpha value is -2.22. The molecule has 0 spiro atoms. The number of nitrogens with zero attached hydrogens (tertiary/aromatic N) is 4. The summed E-state index contributed by atoms with van der Waals surface area (Å²) in [5.74, 6) is -0.303. The smallest absolute Gasteiger partial charge is 0.274 e. The molecule has 3 heterocycles. The molecule has 3 rings (SSSR count). The predicted octanol–water partition coefficient (Wildman–Crippen LogP) is -0.509. The number of carbonyl (C=O) groups is 2. The molecule has 8 heteroatoms. The van der Waals surface area contributed by atoms with Gasteiger partial charge in [-0.05, 0) is 18.9 Å². The van der Waals surface area contributed by atoms with Gasteiger partial charge in [0.25, 0.3) is 11.5 Å². The van der Waals surface area contributed by atoms with Crippen molar-refractivity contribution >= 4 is 11.8 Å². The first-order valence-corrected chi connectivity index (χ1v) is 8.26. The molecule has 1 unspecified atom stereocenters. The summed E-state index contributed by atoms with van der Waals surface area (Å²) in [6, 6.07) is 2.78. The first-order chi connectivity index (χ1) is 11.6. The van der Waals surface area contributed by atoms with Gasteiger partial charge in [0.05, 0.1) is 19.1 Å². The van der Waals surface area contributed by atoms with E-state index in [-0.39, 0.29) is 29.0 Å². The van der Waals surface area contributed by atoms with E-state index in [1.165, 1.54) is 19.2 Å². The van der Waals surface area contributed by atoms with Crippen molar-refractivity contribution in [1.82, 2.24) is 19.6 Å². The van der Waals surface area contributed by atoms with E-state index in [1.807, 2.05) is 4.90 Å². The molecule has 0 aromatic carbocycles. The third kappa shape index (κ3) is 3.48. The van der Waals surface area contributed by atoms with Gasteiger partial charge in [-0.3, -0.25) is 14.4 Å². The van der Waals surface area contributed by atoms with E-state index in [9.17, 15) is 14.4 Å². The predicted molar refractivity (Wildman–Crippen MR) is 85.5 cm³/mol. The molecule has 0 N–H and O–H groups in total. The largest absolute Gasteiger partial charge is 0.378 e. The number of ether oxygens (including phenoxy) is 1. The minimum Gasteiger partial charge on any atom is -0.378 e. The van der Waals surface area contributed by atoms with Gasteiger partial charge in [-0.25, -0.2) is 4.68 Å². The Morgan fingerprint density at radius 3 is 2.62 bits per heavy atom. The number of hydrogen-bond donors (Lipinski definition) is 0. The summed E-state index contributed by atoms with van der Waals surface area (Å²) in [6.07, 6.45) is 1.58. The molecule has 130 valence electrons. The number of rotatable bonds is 2. The van der Waals surface area contributed by atoms with Crippen LogP contribution in [0.3, 0.4) is 0 Å². The van der Waals surface area contributed by atoms with Crippen molar-refractivity contribution in [2.24, 2.45) is 13.0 Å². The van der Waals surface area contributed by atoms with Gasteiger partial charge in [-0.2, -0.15) is 5.10 Å². The van der Waals surface area contributed by atoms with Crippen molar-refractivity contribution < 1.29 is 14.3 Å². The topological polar surface area (TPSA) is 84.7 Å². The van der Waals surface area contributed by atoms with Crippen molar-refractivity contribution in [1.29, 1.82) is 0 Å². The van der Waals surface area contributed by atoms with E-state index in [2.05, 4.69) is 5.10 Å². The Morgan fingerprint density at radius 1 is 1.17 bits per heavy atom. The second kappa shape index (κ2) is 7.12. The molecule has 2 fully saturated rings. The molecule has 1 atom stereocenters. The second-order valence-electron chi connectivity index (χ2n) is 6.21. The van der Waals surface area contributed by atoms with Gasteiger partial charge in [-0.15, -0.1) is 0 Å². The van der Waals surface area contributed by atoms with Crippen LogP contribution in [0.2, 0.25) is 0 Å². The lowest BCUT2D eigenvalue weighted by Gasteiger charge is -2.36. The monoisotopic (exact) mass is 334 g/mol. The highest BCUT2D eigenvalue weighted by Gasteiger charge is 2.32. The number of carbonyl (C=O) groups excluding carboxylic acids is 2. The van der Waals surface area contributed by atoms with Crippen molar-refractivity contribution in [3.63, 3.8) is 0 Å². The average Bonchev–Trinajstić information content (AvgIpc) is 2.63. The highest BCUT2D eigenvalue weighted by atomic mass is 16.5. The maximum atomic E-state index is 12.6. The minimum atomic E-state index is -0.259. The summed E-state index contributed by atoms with van der Waals surface area (Å²) in [5, 5.41) is 4.01. The number of amides is 2. The number of aromatic nitrogens is 2. The highest BCUT2D eigenvalue weighted by molar-refractivity contribution is 5.92. The molecule has 0 saturated carbocycles. The van der Waals surface area contributed by atoms with E-state index in [0.717, 1.165) is 17.5 Å². The Balaban J connectivity index is 1.68. The zero-order valence-electron chi connectivity index (χ0n) is 13.8. The van der Waals surface area contributed by atoms with Gasteiger partial charge in [0.1, 0.15) is 5.69 Å². The lowest BCUT2D eigenvalue weighted by Crippen LogP contribution is -2.49. The quantitative estimate of drug-likeness (QED) is 0.727. The maximum Gasteiger partial charge on any atom is 0.274 e. The van der Waals surface area contributed by atoms with Gasteiger partial charge >= 0.3 is 0 Å². The Labute approximate surface area is 140 Å². The number of hydrogen-bond acceptors (Lipinski definition) is 5. The van der Waals surface area contributed by atoms with Crippen LogP contribution in [-0.4, -0.2) is 70.8 Å². The summed E-state index contributed by atoms with van der Waals surface area (Å²) < 4.78 is 6.43. The van der Waals surface area contributed by atoms with Gasteiger partial charge in [0, 0.05) is 39.3 Å². The highest BCUT2D eigenvalue weighted by Crippen LogP contribution is 2.20. The van der Waals surface area contributed by atoms with Crippen molar-refractivity contribution in [3.05, 3.63) is 28.2 Å². The standard InChI is InChI=1S/C16H22N4O4/c1-18-14(21)5-4-13(17-18)16(23)20-6-2-3-12(11-20)15(22)19-7-9-24-10-8-19/h4-5,12H,2-3,6-11H2,1H3. The van der Waals surface area contributed by atoms with E-state index in [1.54, 1.807) is 4.90 Å². The molecule has 2 aliphatic rings. The minimum absolute atomic E-state index is 0.101. The number of morpholine rings is 1. The van der Waals surface area contributed by atoms with Crippen LogP contribution in [0.15, 0.2) is 16.9 Å². The molecule has 1 aromatic rings. The lowest BCUT2D eigenvalue weighted by atomic mass is 9.96. The normalized spacial score (nSPS) is 21.6. The van der Waals surface area contributed by atoms with Gasteiger partial charge in [-0.1, -0.05) is 0 Å². The summed E-state index contributed by atoms with van der Waals surface area (Å²) in [7, 11) is 1.51. The summed E-state index contributed by atoms with van der Waals surface area (Å²) >= 11 is 0. The lowest BCUT2D eigenvalue weighted by molar-refractivity contribution is -0.141. The second-order valence-corrected chi connectivity index (χ2v) is 6.21. The molecular formula is C16H22N4O4. The maximum absolute atomic E-state index is 12.6. The van der Waals surface area contributed by atoms with Crippen LogP contribution >= 0.6 is 0 Å². The van der Waals surface area contributed by atoms with E-state index in [0.29, 0.717) is 39.4 Å². The van der Waals surface area contributed by atoms with Gasteiger partial charge in [0.2, 0.25) is 5.91 Å². The first kappa shape index (κ1) is 16.6. The molecule has 0 bridgehead atoms. The molecule has 8 nitrogen and oxygen atoms in total. The fourth-order valence-corrected chi connectivity index (χ4v) is 3.18. The zero-order chi connectivity index (χ0) is 17.1. The van der Waals surface area contributed by atoms with Crippen molar-refractivity contribution in [3.8, 4) is 0 Å². The van der Waals surface area contributed by atoms with Crippen LogP contribution in [0.5, 0.6) is 0 Å². The van der Waals surface area contributed by atoms with Crippen LogP contribution < -0.4 is 5.56 Å². The summed E-state index contributed by atoms with van der Waals surface area (Å²) in [4.78, 5) is 40.1. The Kier molecular flexibility index (Phi) is 4.94. The fourth-order valence-electron chi connectivity index (χ4n) is 3.18.